The van der Waals surface area contributed by atoms with E-state index >= 15 is 0 Å². The van der Waals surface area contributed by atoms with Crippen LogP contribution >= 0.6 is 23.2 Å². The van der Waals surface area contributed by atoms with Crippen LogP contribution in [-0.4, -0.2) is 36.4 Å². The van der Waals surface area contributed by atoms with Crippen LogP contribution in [0.2, 0.25) is 10.0 Å². The second-order valence-electron chi connectivity index (χ2n) is 8.25. The molecule has 4 rings (SSSR count). The molecule has 1 heterocycles. The first-order valence-electron chi connectivity index (χ1n) is 10.9. The number of anilines is 2. The topological polar surface area (TPSA) is 112 Å². The molecule has 35 heavy (non-hydrogen) atoms. The molecular weight excluding hydrogens is 489 g/mol. The van der Waals surface area contributed by atoms with Gasteiger partial charge in [-0.25, -0.2) is 9.78 Å². The highest BCUT2D eigenvalue weighted by Crippen LogP contribution is 2.47. The first kappa shape index (κ1) is 24.5. The first-order chi connectivity index (χ1) is 16.8. The Bertz CT molecular complexity index is 1260. The Morgan fingerprint density at radius 1 is 0.914 bits per heavy atom. The minimum absolute atomic E-state index is 0.0986. The number of nitrogens with one attached hydrogen (secondary N) is 4. The molecule has 0 saturated heterocycles. The lowest BCUT2D eigenvalue weighted by Gasteiger charge is -2.17. The summed E-state index contributed by atoms with van der Waals surface area (Å²) in [6.45, 7) is 0.532. The van der Waals surface area contributed by atoms with Crippen LogP contribution in [0.1, 0.15) is 39.1 Å². The maximum Gasteiger partial charge on any atom is 0.314 e. The van der Waals surface area contributed by atoms with Crippen LogP contribution in [-0.2, 0) is 5.41 Å². The second-order valence-corrected chi connectivity index (χ2v) is 9.12. The largest absolute Gasteiger partial charge is 0.341 e. The van der Waals surface area contributed by atoms with Crippen molar-refractivity contribution in [2.75, 3.05) is 24.2 Å². The smallest absolute Gasteiger partial charge is 0.314 e. The van der Waals surface area contributed by atoms with Crippen molar-refractivity contribution in [3.8, 4) is 0 Å². The van der Waals surface area contributed by atoms with E-state index in [1.165, 1.54) is 12.3 Å². The molecule has 1 aromatic heterocycles. The molecule has 3 aromatic rings. The molecule has 1 fully saturated rings. The van der Waals surface area contributed by atoms with Gasteiger partial charge in [-0.05, 0) is 60.9 Å². The maximum absolute atomic E-state index is 12.9. The molecule has 0 aliphatic heterocycles. The van der Waals surface area contributed by atoms with Crippen LogP contribution in [0.3, 0.4) is 0 Å². The number of urea groups is 1. The van der Waals surface area contributed by atoms with Crippen LogP contribution in [0.5, 0.6) is 0 Å². The predicted molar refractivity (Wildman–Crippen MR) is 136 cm³/mol. The van der Waals surface area contributed by atoms with Gasteiger partial charge in [-0.3, -0.25) is 9.59 Å². The number of amides is 4. The Morgan fingerprint density at radius 2 is 1.63 bits per heavy atom. The standard InChI is InChI=1S/C25H23Cl2N5O3/c1-28-24(35)30-14-25(10-11-25)16-4-2-15(3-5-16)22(33)31-20-8-6-17(26)12-19(20)23(34)32-21-9-7-18(27)13-29-21/h2-9,12-13H,10-11,14H2,1H3,(H,31,33)(H2,28,30,35)(H,29,32,34). The zero-order valence-corrected chi connectivity index (χ0v) is 20.3. The fraction of sp³-hybridized carbons (Fsp3) is 0.200. The molecule has 1 aliphatic carbocycles. The third kappa shape index (κ3) is 5.90. The summed E-state index contributed by atoms with van der Waals surface area (Å²) in [7, 11) is 1.58. The summed E-state index contributed by atoms with van der Waals surface area (Å²) in [5.41, 5.74) is 1.90. The van der Waals surface area contributed by atoms with Crippen LogP contribution in [0.25, 0.3) is 0 Å². The van der Waals surface area contributed by atoms with Gasteiger partial charge in [0.05, 0.1) is 16.3 Å². The van der Waals surface area contributed by atoms with Gasteiger partial charge in [-0.2, -0.15) is 0 Å². The van der Waals surface area contributed by atoms with Crippen molar-refractivity contribution >= 4 is 52.6 Å². The van der Waals surface area contributed by atoms with E-state index in [-0.39, 0.29) is 22.9 Å². The summed E-state index contributed by atoms with van der Waals surface area (Å²) in [5.74, 6) is -0.537. The molecule has 0 radical (unpaired) electrons. The van der Waals surface area contributed by atoms with Crippen LogP contribution in [0.15, 0.2) is 60.8 Å². The predicted octanol–water partition coefficient (Wildman–Crippen LogP) is 4.85. The van der Waals surface area contributed by atoms with Crippen LogP contribution in [0.4, 0.5) is 16.3 Å². The van der Waals surface area contributed by atoms with Crippen molar-refractivity contribution in [1.82, 2.24) is 15.6 Å². The lowest BCUT2D eigenvalue weighted by molar-refractivity contribution is 0.102. The highest BCUT2D eigenvalue weighted by atomic mass is 35.5. The highest BCUT2D eigenvalue weighted by molar-refractivity contribution is 6.31. The monoisotopic (exact) mass is 511 g/mol. The van der Waals surface area contributed by atoms with E-state index in [1.54, 1.807) is 43.4 Å². The van der Waals surface area contributed by atoms with Gasteiger partial charge in [0.25, 0.3) is 11.8 Å². The number of pyridine rings is 1. The molecule has 1 saturated carbocycles. The number of hydrogen-bond donors (Lipinski definition) is 4. The minimum Gasteiger partial charge on any atom is -0.341 e. The molecule has 0 atom stereocenters. The van der Waals surface area contributed by atoms with E-state index in [9.17, 15) is 14.4 Å². The third-order valence-electron chi connectivity index (χ3n) is 5.87. The average Bonchev–Trinajstić information content (AvgIpc) is 3.66. The van der Waals surface area contributed by atoms with Gasteiger partial charge in [0.1, 0.15) is 5.82 Å². The first-order valence-corrected chi connectivity index (χ1v) is 11.7. The van der Waals surface area contributed by atoms with E-state index < -0.39 is 5.91 Å². The summed E-state index contributed by atoms with van der Waals surface area (Å²) < 4.78 is 0. The van der Waals surface area contributed by atoms with Gasteiger partial charge in [0.15, 0.2) is 0 Å². The lowest BCUT2D eigenvalue weighted by atomic mass is 9.95. The normalized spacial score (nSPS) is 13.5. The van der Waals surface area contributed by atoms with Crippen molar-refractivity contribution in [1.29, 1.82) is 0 Å². The summed E-state index contributed by atoms with van der Waals surface area (Å²) in [6, 6.07) is 14.9. The fourth-order valence-electron chi connectivity index (χ4n) is 3.67. The number of carbonyl (C=O) groups excluding carboxylic acids is 3. The average molecular weight is 512 g/mol. The van der Waals surface area contributed by atoms with Gasteiger partial charge in [0, 0.05) is 35.8 Å². The molecule has 8 nitrogen and oxygen atoms in total. The van der Waals surface area contributed by atoms with Crippen molar-refractivity contribution in [2.24, 2.45) is 0 Å². The van der Waals surface area contributed by atoms with E-state index in [0.29, 0.717) is 33.7 Å². The van der Waals surface area contributed by atoms with E-state index in [1.807, 2.05) is 12.1 Å². The quantitative estimate of drug-likeness (QED) is 0.363. The zero-order chi connectivity index (χ0) is 25.0. The molecule has 10 heteroatoms. The Morgan fingerprint density at radius 3 is 2.26 bits per heavy atom. The lowest BCUT2D eigenvalue weighted by Crippen LogP contribution is -2.38. The fourth-order valence-corrected chi connectivity index (χ4v) is 3.96. The number of hydrogen-bond acceptors (Lipinski definition) is 4. The summed E-state index contributed by atoms with van der Waals surface area (Å²) in [4.78, 5) is 41.4. The molecule has 4 amide bonds. The van der Waals surface area contributed by atoms with Gasteiger partial charge in [-0.1, -0.05) is 35.3 Å². The van der Waals surface area contributed by atoms with Gasteiger partial charge < -0.3 is 21.3 Å². The van der Waals surface area contributed by atoms with Gasteiger partial charge in [0.2, 0.25) is 0 Å². The van der Waals surface area contributed by atoms with Crippen LogP contribution < -0.4 is 21.3 Å². The van der Waals surface area contributed by atoms with Gasteiger partial charge in [-0.15, -0.1) is 0 Å². The molecule has 4 N–H and O–H groups in total. The zero-order valence-electron chi connectivity index (χ0n) is 18.8. The molecular formula is C25H23Cl2N5O3. The number of aromatic nitrogens is 1. The summed E-state index contributed by atoms with van der Waals surface area (Å²) >= 11 is 11.9. The molecule has 2 aromatic carbocycles. The van der Waals surface area contributed by atoms with E-state index in [2.05, 4.69) is 26.3 Å². The molecule has 0 bridgehead atoms. The Labute approximate surface area is 212 Å². The van der Waals surface area contributed by atoms with Gasteiger partial charge >= 0.3 is 6.03 Å². The second kappa shape index (κ2) is 10.3. The van der Waals surface area contributed by atoms with Crippen molar-refractivity contribution in [3.05, 3.63) is 87.5 Å². The van der Waals surface area contributed by atoms with Crippen molar-refractivity contribution in [3.63, 3.8) is 0 Å². The maximum atomic E-state index is 12.9. The Hall–Kier alpha value is -3.62. The Kier molecular flexibility index (Phi) is 7.23. The number of halogens is 2. The number of benzene rings is 2. The number of rotatable bonds is 7. The number of carbonyl (C=O) groups is 3. The van der Waals surface area contributed by atoms with Crippen molar-refractivity contribution in [2.45, 2.75) is 18.3 Å². The summed E-state index contributed by atoms with van der Waals surface area (Å²) in [5, 5.41) is 11.7. The minimum atomic E-state index is -0.479. The van der Waals surface area contributed by atoms with E-state index in [4.69, 9.17) is 23.2 Å². The third-order valence-corrected chi connectivity index (χ3v) is 6.33. The molecule has 0 spiro atoms. The van der Waals surface area contributed by atoms with Crippen molar-refractivity contribution < 1.29 is 14.4 Å². The molecule has 180 valence electrons. The SMILES string of the molecule is CNC(=O)NCC1(c2ccc(C(=O)Nc3ccc(Cl)cc3C(=O)Nc3ccc(Cl)cn3)cc2)CC1. The molecule has 1 aliphatic rings. The number of nitrogens with zero attached hydrogens (tertiary/aromatic N) is 1. The van der Waals surface area contributed by atoms with Crippen LogP contribution in [0, 0.1) is 0 Å². The Balaban J connectivity index is 1.46. The highest BCUT2D eigenvalue weighted by Gasteiger charge is 2.44. The molecule has 0 unspecified atom stereocenters. The van der Waals surface area contributed by atoms with E-state index in [0.717, 1.165) is 18.4 Å². The summed E-state index contributed by atoms with van der Waals surface area (Å²) in [6.07, 6.45) is 3.35.